The van der Waals surface area contributed by atoms with Crippen LogP contribution in [0.3, 0.4) is 0 Å². The van der Waals surface area contributed by atoms with Gasteiger partial charge in [-0.05, 0) is 12.8 Å². The van der Waals surface area contributed by atoms with Gasteiger partial charge in [0.2, 0.25) is 5.91 Å². The van der Waals surface area contributed by atoms with E-state index >= 15 is 0 Å². The first-order valence-corrected chi connectivity index (χ1v) is 5.16. The fourth-order valence-corrected chi connectivity index (χ4v) is 1.98. The maximum Gasteiger partial charge on any atom is 0.225 e. The Bertz CT molecular complexity index is 182. The van der Waals surface area contributed by atoms with Crippen molar-refractivity contribution in [2.75, 3.05) is 6.54 Å². The standard InChI is InChI=1S/C10H19NO2/c1-3-5-8(4-2)11-7-9(12)6-10(11)13/h8-9,12H,3-7H2,1-2H3. The number of aliphatic hydroxyl groups is 1. The highest BCUT2D eigenvalue weighted by atomic mass is 16.3. The van der Waals surface area contributed by atoms with Gasteiger partial charge in [0.05, 0.1) is 12.5 Å². The van der Waals surface area contributed by atoms with Gasteiger partial charge in [-0.1, -0.05) is 20.3 Å². The molecule has 1 heterocycles. The largest absolute Gasteiger partial charge is 0.391 e. The molecule has 0 radical (unpaired) electrons. The molecule has 13 heavy (non-hydrogen) atoms. The van der Waals surface area contributed by atoms with Crippen molar-refractivity contribution in [1.29, 1.82) is 0 Å². The Labute approximate surface area is 79.7 Å². The van der Waals surface area contributed by atoms with Crippen molar-refractivity contribution in [3.63, 3.8) is 0 Å². The van der Waals surface area contributed by atoms with E-state index in [0.717, 1.165) is 19.3 Å². The third kappa shape index (κ3) is 2.44. The van der Waals surface area contributed by atoms with Gasteiger partial charge in [0.15, 0.2) is 0 Å². The monoisotopic (exact) mass is 185 g/mol. The van der Waals surface area contributed by atoms with Crippen LogP contribution in [0.15, 0.2) is 0 Å². The molecule has 1 aliphatic rings. The average molecular weight is 185 g/mol. The lowest BCUT2D eigenvalue weighted by atomic mass is 10.1. The summed E-state index contributed by atoms with van der Waals surface area (Å²) in [5.74, 6) is 0.118. The average Bonchev–Trinajstić information content (AvgIpc) is 2.41. The van der Waals surface area contributed by atoms with Crippen LogP contribution in [0, 0.1) is 0 Å². The zero-order chi connectivity index (χ0) is 9.84. The highest BCUT2D eigenvalue weighted by Gasteiger charge is 2.31. The second kappa shape index (κ2) is 4.61. The van der Waals surface area contributed by atoms with Crippen LogP contribution in [0.4, 0.5) is 0 Å². The first-order valence-electron chi connectivity index (χ1n) is 5.16. The summed E-state index contributed by atoms with van der Waals surface area (Å²) in [5, 5.41) is 9.32. The highest BCUT2D eigenvalue weighted by Crippen LogP contribution is 2.19. The van der Waals surface area contributed by atoms with Gasteiger partial charge in [0.25, 0.3) is 0 Å². The Morgan fingerprint density at radius 1 is 1.62 bits per heavy atom. The first kappa shape index (κ1) is 10.5. The van der Waals surface area contributed by atoms with Crippen LogP contribution in [0.25, 0.3) is 0 Å². The van der Waals surface area contributed by atoms with Gasteiger partial charge < -0.3 is 10.0 Å². The summed E-state index contributed by atoms with van der Waals surface area (Å²) < 4.78 is 0. The van der Waals surface area contributed by atoms with Gasteiger partial charge in [-0.15, -0.1) is 0 Å². The Balaban J connectivity index is 2.53. The van der Waals surface area contributed by atoms with Gasteiger partial charge in [-0.2, -0.15) is 0 Å². The SMILES string of the molecule is CCCC(CC)N1CC(O)CC1=O. The van der Waals surface area contributed by atoms with E-state index < -0.39 is 6.10 Å². The summed E-state index contributed by atoms with van der Waals surface area (Å²) in [7, 11) is 0. The van der Waals surface area contributed by atoms with E-state index in [1.165, 1.54) is 0 Å². The minimum absolute atomic E-state index is 0.118. The number of carbonyl (C=O) groups excluding carboxylic acids is 1. The second-order valence-electron chi connectivity index (χ2n) is 3.75. The maximum absolute atomic E-state index is 11.4. The number of amides is 1. The molecule has 0 aromatic carbocycles. The van der Waals surface area contributed by atoms with Crippen LogP contribution in [0.5, 0.6) is 0 Å². The summed E-state index contributed by atoms with van der Waals surface area (Å²) in [5.41, 5.74) is 0. The molecular weight excluding hydrogens is 166 g/mol. The molecule has 1 aliphatic heterocycles. The lowest BCUT2D eigenvalue weighted by molar-refractivity contribution is -0.129. The van der Waals surface area contributed by atoms with Crippen molar-refractivity contribution >= 4 is 5.91 Å². The van der Waals surface area contributed by atoms with Crippen LogP contribution in [-0.2, 0) is 4.79 Å². The number of likely N-dealkylation sites (tertiary alicyclic amines) is 1. The number of nitrogens with zero attached hydrogens (tertiary/aromatic N) is 1. The molecular formula is C10H19NO2. The molecule has 2 atom stereocenters. The van der Waals surface area contributed by atoms with E-state index in [-0.39, 0.29) is 5.91 Å². The predicted molar refractivity (Wildman–Crippen MR) is 51.3 cm³/mol. The molecule has 0 spiro atoms. The van der Waals surface area contributed by atoms with Gasteiger partial charge in [-0.25, -0.2) is 0 Å². The molecule has 1 rings (SSSR count). The summed E-state index contributed by atoms with van der Waals surface area (Å²) >= 11 is 0. The van der Waals surface area contributed by atoms with Crippen molar-refractivity contribution in [3.05, 3.63) is 0 Å². The summed E-state index contributed by atoms with van der Waals surface area (Å²) in [4.78, 5) is 13.3. The zero-order valence-electron chi connectivity index (χ0n) is 8.49. The zero-order valence-corrected chi connectivity index (χ0v) is 8.49. The number of aliphatic hydroxyl groups excluding tert-OH is 1. The van der Waals surface area contributed by atoms with Crippen LogP contribution < -0.4 is 0 Å². The van der Waals surface area contributed by atoms with Gasteiger partial charge in [-0.3, -0.25) is 4.79 Å². The number of carbonyl (C=O) groups is 1. The van der Waals surface area contributed by atoms with Crippen LogP contribution in [0.1, 0.15) is 39.5 Å². The minimum atomic E-state index is -0.432. The molecule has 0 saturated carbocycles. The van der Waals surface area contributed by atoms with Crippen molar-refractivity contribution < 1.29 is 9.90 Å². The molecule has 1 amide bonds. The Morgan fingerprint density at radius 3 is 2.69 bits per heavy atom. The molecule has 1 saturated heterocycles. The predicted octanol–water partition coefficient (Wildman–Crippen LogP) is 1.16. The normalized spacial score (nSPS) is 25.3. The topological polar surface area (TPSA) is 40.5 Å². The molecule has 0 aromatic rings. The summed E-state index contributed by atoms with van der Waals surface area (Å²) in [6.45, 7) is 4.76. The van der Waals surface area contributed by atoms with Gasteiger partial charge in [0.1, 0.15) is 0 Å². The molecule has 1 fully saturated rings. The van der Waals surface area contributed by atoms with Gasteiger partial charge >= 0.3 is 0 Å². The van der Waals surface area contributed by atoms with Crippen molar-refractivity contribution in [2.24, 2.45) is 0 Å². The molecule has 3 heteroatoms. The summed E-state index contributed by atoms with van der Waals surface area (Å²) in [6.07, 6.45) is 3.03. The molecule has 2 unspecified atom stereocenters. The molecule has 1 N–H and O–H groups in total. The molecule has 0 aliphatic carbocycles. The van der Waals surface area contributed by atoms with Crippen LogP contribution >= 0.6 is 0 Å². The van der Waals surface area contributed by atoms with E-state index in [1.54, 1.807) is 0 Å². The number of β-amino-alcohol motifs (C(OH)–C–C–N with tert-alkyl or cyclic N) is 1. The van der Waals surface area contributed by atoms with E-state index in [1.807, 2.05) is 4.90 Å². The molecule has 76 valence electrons. The van der Waals surface area contributed by atoms with Crippen molar-refractivity contribution in [1.82, 2.24) is 4.90 Å². The Kier molecular flexibility index (Phi) is 3.72. The highest BCUT2D eigenvalue weighted by molar-refractivity contribution is 5.79. The Morgan fingerprint density at radius 2 is 2.31 bits per heavy atom. The fourth-order valence-electron chi connectivity index (χ4n) is 1.98. The van der Waals surface area contributed by atoms with E-state index in [9.17, 15) is 9.90 Å². The number of hydrogen-bond donors (Lipinski definition) is 1. The molecule has 0 bridgehead atoms. The molecule has 3 nitrogen and oxygen atoms in total. The number of rotatable bonds is 4. The summed E-state index contributed by atoms with van der Waals surface area (Å²) in [6, 6.07) is 0.342. The van der Waals surface area contributed by atoms with E-state index in [4.69, 9.17) is 0 Å². The lowest BCUT2D eigenvalue weighted by Crippen LogP contribution is -2.36. The van der Waals surface area contributed by atoms with Crippen LogP contribution in [-0.4, -0.2) is 34.6 Å². The first-order chi connectivity index (χ1) is 6.19. The third-order valence-electron chi connectivity index (χ3n) is 2.67. The third-order valence-corrected chi connectivity index (χ3v) is 2.67. The fraction of sp³-hybridized carbons (Fsp3) is 0.900. The molecule has 0 aromatic heterocycles. The Hall–Kier alpha value is -0.570. The quantitative estimate of drug-likeness (QED) is 0.714. The van der Waals surface area contributed by atoms with E-state index in [2.05, 4.69) is 13.8 Å². The van der Waals surface area contributed by atoms with Crippen LogP contribution in [0.2, 0.25) is 0 Å². The minimum Gasteiger partial charge on any atom is -0.391 e. The van der Waals surface area contributed by atoms with Crippen molar-refractivity contribution in [2.45, 2.75) is 51.7 Å². The number of hydrogen-bond acceptors (Lipinski definition) is 2. The van der Waals surface area contributed by atoms with Crippen molar-refractivity contribution in [3.8, 4) is 0 Å². The van der Waals surface area contributed by atoms with Gasteiger partial charge in [0, 0.05) is 12.6 Å². The smallest absolute Gasteiger partial charge is 0.225 e. The maximum atomic E-state index is 11.4. The second-order valence-corrected chi connectivity index (χ2v) is 3.75. The van der Waals surface area contributed by atoms with E-state index in [0.29, 0.717) is 19.0 Å². The lowest BCUT2D eigenvalue weighted by Gasteiger charge is -2.26.